The topological polar surface area (TPSA) is 25.8 Å². The molecule has 0 saturated carbocycles. The molecule has 4 rings (SSSR count). The van der Waals surface area contributed by atoms with Gasteiger partial charge in [-0.15, -0.1) is 0 Å². The van der Waals surface area contributed by atoms with Crippen molar-refractivity contribution in [3.05, 3.63) is 57.2 Å². The third kappa shape index (κ3) is 5.06. The second-order valence-corrected chi connectivity index (χ2v) is 13.7. The maximum absolute atomic E-state index is 16.2. The number of halogens is 4. The van der Waals surface area contributed by atoms with Crippen molar-refractivity contribution < 1.29 is 17.6 Å². The number of nitrogens with zero attached hydrogens (tertiary/aromatic N) is 2. The first kappa shape index (κ1) is 28.0. The number of rotatable bonds is 4. The van der Waals surface area contributed by atoms with Gasteiger partial charge in [-0.2, -0.15) is 0 Å². The minimum absolute atomic E-state index is 0.0367. The Morgan fingerprint density at radius 3 is 1.86 bits per heavy atom. The van der Waals surface area contributed by atoms with E-state index in [1.165, 1.54) is 6.07 Å². The van der Waals surface area contributed by atoms with Crippen LogP contribution in [0.25, 0.3) is 0 Å². The number of fused-ring (bicyclic) bond motifs is 2. The lowest BCUT2D eigenvalue weighted by Gasteiger charge is -2.38. The van der Waals surface area contributed by atoms with E-state index in [9.17, 15) is 8.78 Å². The monoisotopic (exact) mass is 518 g/mol. The molecule has 2 nitrogen and oxygen atoms in total. The van der Waals surface area contributed by atoms with Gasteiger partial charge in [0.25, 0.3) is 11.8 Å². The van der Waals surface area contributed by atoms with Crippen LogP contribution in [0, 0.1) is 5.92 Å². The summed E-state index contributed by atoms with van der Waals surface area (Å²) in [6, 6.07) is 3.10. The molecule has 2 aromatic heterocycles. The van der Waals surface area contributed by atoms with Crippen molar-refractivity contribution >= 4 is 0 Å². The summed E-state index contributed by atoms with van der Waals surface area (Å²) in [4.78, 5) is 9.66. The second-order valence-electron chi connectivity index (χ2n) is 13.7. The van der Waals surface area contributed by atoms with Crippen molar-refractivity contribution in [2.45, 2.75) is 129 Å². The predicted molar refractivity (Wildman–Crippen MR) is 141 cm³/mol. The van der Waals surface area contributed by atoms with Gasteiger partial charge in [0.1, 0.15) is 0 Å². The van der Waals surface area contributed by atoms with Gasteiger partial charge in [-0.25, -0.2) is 17.6 Å². The van der Waals surface area contributed by atoms with E-state index < -0.39 is 23.2 Å². The molecule has 2 aromatic rings. The Morgan fingerprint density at radius 1 is 0.811 bits per heavy atom. The van der Waals surface area contributed by atoms with Crippen LogP contribution < -0.4 is 0 Å². The zero-order valence-electron chi connectivity index (χ0n) is 23.8. The molecule has 0 fully saturated rings. The Morgan fingerprint density at radius 2 is 1.32 bits per heavy atom. The molecule has 2 heterocycles. The molecule has 2 aliphatic carbocycles. The lowest BCUT2D eigenvalue weighted by atomic mass is 9.73. The van der Waals surface area contributed by atoms with Crippen LogP contribution in [-0.2, 0) is 35.5 Å². The summed E-state index contributed by atoms with van der Waals surface area (Å²) >= 11 is 0. The molecule has 2 aliphatic rings. The number of pyridine rings is 2. The first-order chi connectivity index (χ1) is 16.8. The molecule has 0 spiro atoms. The van der Waals surface area contributed by atoms with Crippen LogP contribution in [0.4, 0.5) is 17.6 Å². The van der Waals surface area contributed by atoms with Gasteiger partial charge in [0, 0.05) is 57.1 Å². The van der Waals surface area contributed by atoms with Crippen LogP contribution in [0.1, 0.15) is 138 Å². The van der Waals surface area contributed by atoms with Gasteiger partial charge in [-0.3, -0.25) is 9.97 Å². The minimum atomic E-state index is -3.03. The van der Waals surface area contributed by atoms with Gasteiger partial charge in [-0.1, -0.05) is 62.3 Å². The van der Waals surface area contributed by atoms with Gasteiger partial charge in [-0.05, 0) is 60.8 Å². The van der Waals surface area contributed by atoms with Crippen LogP contribution in [-0.4, -0.2) is 9.97 Å². The quantitative estimate of drug-likeness (QED) is 0.377. The van der Waals surface area contributed by atoms with E-state index in [1.807, 2.05) is 62.3 Å². The van der Waals surface area contributed by atoms with E-state index in [0.29, 0.717) is 47.5 Å². The van der Waals surface area contributed by atoms with Crippen molar-refractivity contribution in [2.75, 3.05) is 0 Å². The molecule has 6 heteroatoms. The second kappa shape index (κ2) is 9.05. The maximum atomic E-state index is 16.2. The maximum Gasteiger partial charge on any atom is 0.276 e. The molecule has 0 amide bonds. The summed E-state index contributed by atoms with van der Waals surface area (Å²) in [7, 11) is 0. The van der Waals surface area contributed by atoms with Crippen molar-refractivity contribution in [3.8, 4) is 0 Å². The molecule has 0 N–H and O–H groups in total. The van der Waals surface area contributed by atoms with Gasteiger partial charge in [0.05, 0.1) is 0 Å². The van der Waals surface area contributed by atoms with E-state index in [4.69, 9.17) is 9.97 Å². The molecular formula is C31H42F4N2. The molecule has 204 valence electrons. The summed E-state index contributed by atoms with van der Waals surface area (Å²) in [6.07, 6.45) is 1.16. The summed E-state index contributed by atoms with van der Waals surface area (Å²) in [5.74, 6) is -7.14. The van der Waals surface area contributed by atoms with Gasteiger partial charge < -0.3 is 0 Å². The highest BCUT2D eigenvalue weighted by atomic mass is 19.3. The Balaban J connectivity index is 1.72. The first-order valence-electron chi connectivity index (χ1n) is 13.7. The minimum Gasteiger partial charge on any atom is -0.257 e. The van der Waals surface area contributed by atoms with E-state index >= 15 is 8.78 Å². The lowest BCUT2D eigenvalue weighted by Crippen LogP contribution is -2.35. The number of hydrogen-bond donors (Lipinski definition) is 0. The zero-order chi connectivity index (χ0) is 27.7. The molecule has 2 unspecified atom stereocenters. The van der Waals surface area contributed by atoms with E-state index in [1.54, 1.807) is 6.07 Å². The highest BCUT2D eigenvalue weighted by Crippen LogP contribution is 2.51. The standard InChI is InChI=1S/C31H42F4N2/c1-17(2)24-16-23-20(26(36-24)28(4,5)6)11-10-19(31(23,34)35)14-18(3)25-15-22-21(12-13-30(22,32)33)27(37-25)29(7,8)9/h15-19H,10-14H2,1-9H3. The number of alkyl halides is 4. The van der Waals surface area contributed by atoms with Crippen LogP contribution in [0.5, 0.6) is 0 Å². The Labute approximate surface area is 219 Å². The Hall–Kier alpha value is -1.98. The third-order valence-electron chi connectivity index (χ3n) is 8.14. The molecule has 0 saturated heterocycles. The van der Waals surface area contributed by atoms with Crippen LogP contribution in [0.2, 0.25) is 0 Å². The van der Waals surface area contributed by atoms with Gasteiger partial charge >= 0.3 is 0 Å². The highest BCUT2D eigenvalue weighted by Gasteiger charge is 2.48. The van der Waals surface area contributed by atoms with E-state index in [0.717, 1.165) is 5.69 Å². The third-order valence-corrected chi connectivity index (χ3v) is 8.14. The van der Waals surface area contributed by atoms with Crippen molar-refractivity contribution in [1.82, 2.24) is 9.97 Å². The van der Waals surface area contributed by atoms with Gasteiger partial charge in [0.15, 0.2) is 0 Å². The van der Waals surface area contributed by atoms with Crippen LogP contribution in [0.3, 0.4) is 0 Å². The molecule has 37 heavy (non-hydrogen) atoms. The fourth-order valence-corrected chi connectivity index (χ4v) is 6.05. The van der Waals surface area contributed by atoms with Crippen LogP contribution in [0.15, 0.2) is 12.1 Å². The molecule has 0 aliphatic heterocycles. The highest BCUT2D eigenvalue weighted by molar-refractivity contribution is 5.44. The normalized spacial score (nSPS) is 21.6. The first-order valence-corrected chi connectivity index (χ1v) is 13.7. The number of aromatic nitrogens is 2. The summed E-state index contributed by atoms with van der Waals surface area (Å²) in [6.45, 7) is 17.8. The van der Waals surface area contributed by atoms with Crippen molar-refractivity contribution in [1.29, 1.82) is 0 Å². The summed E-state index contributed by atoms with van der Waals surface area (Å²) in [5.41, 5.74) is 3.33. The molecule has 0 radical (unpaired) electrons. The largest absolute Gasteiger partial charge is 0.276 e. The van der Waals surface area contributed by atoms with Crippen molar-refractivity contribution in [2.24, 2.45) is 5.92 Å². The number of hydrogen-bond acceptors (Lipinski definition) is 2. The molecule has 0 aromatic carbocycles. The van der Waals surface area contributed by atoms with E-state index in [-0.39, 0.29) is 41.2 Å². The fraction of sp³-hybridized carbons (Fsp3) is 0.677. The van der Waals surface area contributed by atoms with Crippen molar-refractivity contribution in [3.63, 3.8) is 0 Å². The average molecular weight is 519 g/mol. The smallest absolute Gasteiger partial charge is 0.257 e. The Bertz CT molecular complexity index is 1190. The zero-order valence-corrected chi connectivity index (χ0v) is 23.8. The SMILES string of the molecule is CC(C)c1cc2c(c(C(C)(C)C)n1)CCC(CC(C)c1cc3c(c(C(C)(C)C)n1)CCC3(F)F)C2(F)F. The summed E-state index contributed by atoms with van der Waals surface area (Å²) < 4.78 is 61.9. The fourth-order valence-electron chi connectivity index (χ4n) is 6.05. The van der Waals surface area contributed by atoms with E-state index in [2.05, 4.69) is 0 Å². The molecule has 0 bridgehead atoms. The molecule has 2 atom stereocenters. The lowest BCUT2D eigenvalue weighted by molar-refractivity contribution is -0.0807. The van der Waals surface area contributed by atoms with Gasteiger partial charge in [0.2, 0.25) is 0 Å². The van der Waals surface area contributed by atoms with Crippen LogP contribution >= 0.6 is 0 Å². The molecular weight excluding hydrogens is 476 g/mol. The Kier molecular flexibility index (Phi) is 6.86. The summed E-state index contributed by atoms with van der Waals surface area (Å²) in [5, 5.41) is 0. The predicted octanol–water partition coefficient (Wildman–Crippen LogP) is 9.08. The average Bonchev–Trinajstić information content (AvgIpc) is 3.07.